The first-order valence-corrected chi connectivity index (χ1v) is 11.0. The third-order valence-electron chi connectivity index (χ3n) is 4.75. The van der Waals surface area contributed by atoms with Gasteiger partial charge in [-0.2, -0.15) is 4.72 Å². The first-order valence-electron chi connectivity index (χ1n) is 9.55. The van der Waals surface area contributed by atoms with Crippen LogP contribution in [0.1, 0.15) is 24.8 Å². The molecule has 3 rings (SSSR count). The van der Waals surface area contributed by atoms with Crippen LogP contribution in [-0.4, -0.2) is 41.6 Å². The van der Waals surface area contributed by atoms with Crippen LogP contribution in [0.3, 0.4) is 0 Å². The predicted octanol–water partition coefficient (Wildman–Crippen LogP) is 2.55. The molecule has 0 atom stereocenters. The predicted molar refractivity (Wildman–Crippen MR) is 114 cm³/mol. The Labute approximate surface area is 177 Å². The molecule has 0 radical (unpaired) electrons. The third kappa shape index (κ3) is 5.12. The van der Waals surface area contributed by atoms with Crippen LogP contribution in [0, 0.1) is 11.8 Å². The molecule has 0 saturated carbocycles. The monoisotopic (exact) mass is 428 g/mol. The second-order valence-corrected chi connectivity index (χ2v) is 8.46. The molecule has 7 nitrogen and oxygen atoms in total. The molecular formula is C22H24N2O5S. The first kappa shape index (κ1) is 21.7. The summed E-state index contributed by atoms with van der Waals surface area (Å²) in [6.45, 7) is 0.699. The molecule has 2 aromatic rings. The lowest BCUT2D eigenvalue weighted by atomic mass is 10.1. The fraction of sp³-hybridized carbons (Fsp3) is 0.318. The Morgan fingerprint density at radius 2 is 1.77 bits per heavy atom. The molecule has 30 heavy (non-hydrogen) atoms. The summed E-state index contributed by atoms with van der Waals surface area (Å²) >= 11 is 0. The molecule has 0 aliphatic carbocycles. The number of carbonyl (C=O) groups excluding carboxylic acids is 1. The number of nitrogens with zero attached hydrogens (tertiary/aromatic N) is 1. The number of sulfonamides is 1. The van der Waals surface area contributed by atoms with E-state index in [1.165, 1.54) is 32.4 Å². The molecule has 1 fully saturated rings. The Hall–Kier alpha value is -3.02. The van der Waals surface area contributed by atoms with Crippen molar-refractivity contribution in [3.8, 4) is 23.3 Å². The number of nitrogens with one attached hydrogen (secondary N) is 1. The number of benzene rings is 2. The van der Waals surface area contributed by atoms with Crippen LogP contribution in [0.25, 0.3) is 0 Å². The number of hydrogen-bond acceptors (Lipinski definition) is 5. The minimum Gasteiger partial charge on any atom is -0.493 e. The Balaban J connectivity index is 1.62. The second kappa shape index (κ2) is 9.65. The molecule has 2 aromatic carbocycles. The van der Waals surface area contributed by atoms with E-state index in [0.29, 0.717) is 17.9 Å². The SMILES string of the molecule is COc1ccc(S(=O)(=O)NCC#Cc2ccc(N3CCCCC3=O)cc2)cc1OC. The smallest absolute Gasteiger partial charge is 0.241 e. The highest BCUT2D eigenvalue weighted by Crippen LogP contribution is 2.29. The summed E-state index contributed by atoms with van der Waals surface area (Å²) in [5.41, 5.74) is 1.60. The van der Waals surface area contributed by atoms with Gasteiger partial charge in [0.1, 0.15) is 0 Å². The lowest BCUT2D eigenvalue weighted by molar-refractivity contribution is -0.119. The number of methoxy groups -OCH3 is 2. The van der Waals surface area contributed by atoms with Crippen molar-refractivity contribution in [1.29, 1.82) is 0 Å². The van der Waals surface area contributed by atoms with Crippen LogP contribution in [0.15, 0.2) is 47.4 Å². The van der Waals surface area contributed by atoms with Crippen molar-refractivity contribution >= 4 is 21.6 Å². The van der Waals surface area contributed by atoms with Crippen molar-refractivity contribution in [1.82, 2.24) is 4.72 Å². The number of ether oxygens (including phenoxy) is 2. The maximum Gasteiger partial charge on any atom is 0.241 e. The summed E-state index contributed by atoms with van der Waals surface area (Å²) < 4.78 is 37.6. The number of carbonyl (C=O) groups is 1. The van der Waals surface area contributed by atoms with E-state index < -0.39 is 10.0 Å². The van der Waals surface area contributed by atoms with Gasteiger partial charge in [-0.1, -0.05) is 11.8 Å². The quantitative estimate of drug-likeness (QED) is 0.715. The lowest BCUT2D eigenvalue weighted by Crippen LogP contribution is -2.35. The largest absolute Gasteiger partial charge is 0.493 e. The van der Waals surface area contributed by atoms with E-state index in [-0.39, 0.29) is 17.3 Å². The van der Waals surface area contributed by atoms with Crippen molar-refractivity contribution in [3.05, 3.63) is 48.0 Å². The summed E-state index contributed by atoms with van der Waals surface area (Å²) in [7, 11) is -0.805. The van der Waals surface area contributed by atoms with Crippen LogP contribution >= 0.6 is 0 Å². The molecule has 158 valence electrons. The van der Waals surface area contributed by atoms with Crippen LogP contribution in [0.5, 0.6) is 11.5 Å². The fourth-order valence-electron chi connectivity index (χ4n) is 3.15. The highest BCUT2D eigenvalue weighted by molar-refractivity contribution is 7.89. The number of amides is 1. The number of anilines is 1. The van der Waals surface area contributed by atoms with Gasteiger partial charge in [-0.05, 0) is 49.2 Å². The molecule has 1 heterocycles. The van der Waals surface area contributed by atoms with Crippen LogP contribution in [0.4, 0.5) is 5.69 Å². The Morgan fingerprint density at radius 3 is 2.43 bits per heavy atom. The van der Waals surface area contributed by atoms with Gasteiger partial charge in [-0.3, -0.25) is 4.79 Å². The number of hydrogen-bond donors (Lipinski definition) is 1. The maximum absolute atomic E-state index is 12.4. The molecule has 1 amide bonds. The van der Waals surface area contributed by atoms with E-state index >= 15 is 0 Å². The molecule has 0 bridgehead atoms. The van der Waals surface area contributed by atoms with Gasteiger partial charge in [0.05, 0.1) is 25.7 Å². The average molecular weight is 429 g/mol. The van der Waals surface area contributed by atoms with Crippen LogP contribution < -0.4 is 19.1 Å². The zero-order valence-corrected chi connectivity index (χ0v) is 17.8. The van der Waals surface area contributed by atoms with Gasteiger partial charge in [0.15, 0.2) is 11.5 Å². The molecule has 1 saturated heterocycles. The van der Waals surface area contributed by atoms with E-state index in [1.54, 1.807) is 4.90 Å². The standard InChI is InChI=1S/C22H24N2O5S/c1-28-20-13-12-19(16-21(20)29-2)30(26,27)23-14-5-6-17-8-10-18(11-9-17)24-15-4-3-7-22(24)25/h8-13,16,23H,3-4,7,14-15H2,1-2H3. The highest BCUT2D eigenvalue weighted by Gasteiger charge is 2.19. The Morgan fingerprint density at radius 1 is 1.03 bits per heavy atom. The van der Waals surface area contributed by atoms with Crippen LogP contribution in [-0.2, 0) is 14.8 Å². The van der Waals surface area contributed by atoms with E-state index in [4.69, 9.17) is 9.47 Å². The number of rotatable bonds is 6. The molecular weight excluding hydrogens is 404 g/mol. The molecule has 1 aliphatic heterocycles. The van der Waals surface area contributed by atoms with Gasteiger partial charge in [-0.25, -0.2) is 8.42 Å². The van der Waals surface area contributed by atoms with Gasteiger partial charge >= 0.3 is 0 Å². The van der Waals surface area contributed by atoms with Crippen LogP contribution in [0.2, 0.25) is 0 Å². The van der Waals surface area contributed by atoms with E-state index in [2.05, 4.69) is 16.6 Å². The van der Waals surface area contributed by atoms with E-state index in [9.17, 15) is 13.2 Å². The Bertz CT molecular complexity index is 1070. The van der Waals surface area contributed by atoms with Gasteiger partial charge in [0.2, 0.25) is 15.9 Å². The van der Waals surface area contributed by atoms with Crippen molar-refractivity contribution < 1.29 is 22.7 Å². The van der Waals surface area contributed by atoms with E-state index in [1.807, 2.05) is 24.3 Å². The zero-order chi connectivity index (χ0) is 21.6. The van der Waals surface area contributed by atoms with Crippen molar-refractivity contribution in [2.75, 3.05) is 32.2 Å². The molecule has 8 heteroatoms. The summed E-state index contributed by atoms with van der Waals surface area (Å²) in [4.78, 5) is 13.9. The van der Waals surface area contributed by atoms with Gasteiger partial charge in [0, 0.05) is 30.3 Å². The normalized spacial score (nSPS) is 14.1. The fourth-order valence-corrected chi connectivity index (χ4v) is 4.09. The minimum absolute atomic E-state index is 0.0387. The molecule has 1 N–H and O–H groups in total. The summed E-state index contributed by atoms with van der Waals surface area (Å²) in [6.07, 6.45) is 2.54. The molecule has 0 aromatic heterocycles. The molecule has 1 aliphatic rings. The molecule has 0 unspecified atom stereocenters. The first-order chi connectivity index (χ1) is 14.4. The highest BCUT2D eigenvalue weighted by atomic mass is 32.2. The lowest BCUT2D eigenvalue weighted by Gasteiger charge is -2.26. The Kier molecular flexibility index (Phi) is 6.98. The third-order valence-corrected chi connectivity index (χ3v) is 6.15. The zero-order valence-electron chi connectivity index (χ0n) is 17.0. The minimum atomic E-state index is -3.73. The van der Waals surface area contributed by atoms with Crippen molar-refractivity contribution in [2.24, 2.45) is 0 Å². The summed E-state index contributed by atoms with van der Waals surface area (Å²) in [5.74, 6) is 6.66. The maximum atomic E-state index is 12.4. The molecule has 0 spiro atoms. The second-order valence-electron chi connectivity index (χ2n) is 6.69. The average Bonchev–Trinajstić information content (AvgIpc) is 2.77. The van der Waals surface area contributed by atoms with Gasteiger partial charge < -0.3 is 14.4 Å². The van der Waals surface area contributed by atoms with Gasteiger partial charge in [0.25, 0.3) is 0 Å². The summed E-state index contributed by atoms with van der Waals surface area (Å²) in [6, 6.07) is 11.8. The van der Waals surface area contributed by atoms with Crippen molar-refractivity contribution in [2.45, 2.75) is 24.2 Å². The topological polar surface area (TPSA) is 84.9 Å². The number of piperidine rings is 1. The van der Waals surface area contributed by atoms with E-state index in [0.717, 1.165) is 30.6 Å². The van der Waals surface area contributed by atoms with Gasteiger partial charge in [-0.15, -0.1) is 0 Å². The summed E-state index contributed by atoms with van der Waals surface area (Å²) in [5, 5.41) is 0. The van der Waals surface area contributed by atoms with Crippen molar-refractivity contribution in [3.63, 3.8) is 0 Å².